The van der Waals surface area contributed by atoms with E-state index in [1.807, 2.05) is 0 Å². The van der Waals surface area contributed by atoms with Crippen LogP contribution >= 0.6 is 0 Å². The number of ether oxygens (including phenoxy) is 1. The van der Waals surface area contributed by atoms with Crippen LogP contribution in [0, 0.1) is 5.92 Å². The van der Waals surface area contributed by atoms with Crippen LogP contribution in [0.15, 0.2) is 0 Å². The van der Waals surface area contributed by atoms with E-state index in [1.165, 1.54) is 19.8 Å². The van der Waals surface area contributed by atoms with E-state index in [1.54, 1.807) is 0 Å². The maximum absolute atomic E-state index is 11.0. The Morgan fingerprint density at radius 3 is 2.38 bits per heavy atom. The SMILES string of the molecule is CCC(C)C1(OC(C)=O)CCCC1. The van der Waals surface area contributed by atoms with Crippen molar-refractivity contribution in [1.82, 2.24) is 0 Å². The predicted molar refractivity (Wildman–Crippen MR) is 52.4 cm³/mol. The molecule has 0 N–H and O–H groups in total. The third kappa shape index (κ3) is 2.23. The normalized spacial score (nSPS) is 22.7. The van der Waals surface area contributed by atoms with Crippen molar-refractivity contribution in [1.29, 1.82) is 0 Å². The van der Waals surface area contributed by atoms with Gasteiger partial charge >= 0.3 is 5.97 Å². The average Bonchev–Trinajstić information content (AvgIpc) is 2.51. The van der Waals surface area contributed by atoms with Crippen LogP contribution in [-0.4, -0.2) is 11.6 Å². The zero-order valence-electron chi connectivity index (χ0n) is 8.93. The summed E-state index contributed by atoms with van der Waals surface area (Å²) in [7, 11) is 0. The number of carbonyl (C=O) groups is 1. The molecule has 0 aromatic heterocycles. The fraction of sp³-hybridized carbons (Fsp3) is 0.909. The van der Waals surface area contributed by atoms with Crippen LogP contribution in [0.1, 0.15) is 52.9 Å². The monoisotopic (exact) mass is 184 g/mol. The Hall–Kier alpha value is -0.530. The molecule has 1 aliphatic carbocycles. The molecule has 1 aliphatic rings. The van der Waals surface area contributed by atoms with Gasteiger partial charge in [-0.1, -0.05) is 13.8 Å². The lowest BCUT2D eigenvalue weighted by molar-refractivity contribution is -0.162. The van der Waals surface area contributed by atoms with Crippen LogP contribution < -0.4 is 0 Å². The molecule has 1 fully saturated rings. The summed E-state index contributed by atoms with van der Waals surface area (Å²) in [5.74, 6) is 0.376. The molecule has 0 aromatic carbocycles. The standard InChI is InChI=1S/C11H20O2/c1-4-9(2)11(13-10(3)12)7-5-6-8-11/h9H,4-8H2,1-3H3. The van der Waals surface area contributed by atoms with Gasteiger partial charge in [-0.05, 0) is 38.0 Å². The van der Waals surface area contributed by atoms with Gasteiger partial charge in [0.05, 0.1) is 0 Å². The minimum Gasteiger partial charge on any atom is -0.459 e. The lowest BCUT2D eigenvalue weighted by Gasteiger charge is -2.34. The van der Waals surface area contributed by atoms with E-state index in [2.05, 4.69) is 13.8 Å². The Bertz CT molecular complexity index is 181. The van der Waals surface area contributed by atoms with Gasteiger partial charge in [0.2, 0.25) is 0 Å². The third-order valence-corrected chi connectivity index (χ3v) is 3.31. The number of hydrogen-bond donors (Lipinski definition) is 0. The molecule has 0 spiro atoms. The van der Waals surface area contributed by atoms with Crippen LogP contribution in [0.2, 0.25) is 0 Å². The van der Waals surface area contributed by atoms with Gasteiger partial charge in [0.1, 0.15) is 5.60 Å². The van der Waals surface area contributed by atoms with Crippen LogP contribution in [0.3, 0.4) is 0 Å². The first-order valence-corrected chi connectivity index (χ1v) is 5.30. The summed E-state index contributed by atoms with van der Waals surface area (Å²) in [6.45, 7) is 5.87. The number of esters is 1. The van der Waals surface area contributed by atoms with Gasteiger partial charge in [0, 0.05) is 6.92 Å². The first-order chi connectivity index (χ1) is 6.10. The van der Waals surface area contributed by atoms with E-state index in [4.69, 9.17) is 4.74 Å². The van der Waals surface area contributed by atoms with E-state index in [0.717, 1.165) is 19.3 Å². The van der Waals surface area contributed by atoms with Crippen molar-refractivity contribution >= 4 is 5.97 Å². The molecule has 0 aromatic rings. The summed E-state index contributed by atoms with van der Waals surface area (Å²) in [4.78, 5) is 11.0. The summed E-state index contributed by atoms with van der Waals surface area (Å²) in [5.41, 5.74) is -0.124. The minimum atomic E-state index is -0.124. The topological polar surface area (TPSA) is 26.3 Å². The molecule has 1 unspecified atom stereocenters. The molecule has 1 saturated carbocycles. The van der Waals surface area contributed by atoms with Crippen molar-refractivity contribution in [2.45, 2.75) is 58.5 Å². The van der Waals surface area contributed by atoms with Crippen LogP contribution in [-0.2, 0) is 9.53 Å². The molecule has 0 aliphatic heterocycles. The highest BCUT2D eigenvalue weighted by Crippen LogP contribution is 2.40. The molecular weight excluding hydrogens is 164 g/mol. The zero-order valence-corrected chi connectivity index (χ0v) is 8.93. The first-order valence-electron chi connectivity index (χ1n) is 5.30. The van der Waals surface area contributed by atoms with Gasteiger partial charge in [-0.15, -0.1) is 0 Å². The number of hydrogen-bond acceptors (Lipinski definition) is 2. The summed E-state index contributed by atoms with van der Waals surface area (Å²) in [5, 5.41) is 0. The quantitative estimate of drug-likeness (QED) is 0.630. The van der Waals surface area contributed by atoms with Gasteiger partial charge in [-0.25, -0.2) is 0 Å². The minimum absolute atomic E-state index is 0.123. The lowest BCUT2D eigenvalue weighted by atomic mass is 9.85. The van der Waals surface area contributed by atoms with Crippen molar-refractivity contribution in [2.75, 3.05) is 0 Å². The van der Waals surface area contributed by atoms with Crippen molar-refractivity contribution in [3.05, 3.63) is 0 Å². The summed E-state index contributed by atoms with van der Waals surface area (Å²) >= 11 is 0. The van der Waals surface area contributed by atoms with Gasteiger partial charge in [0.15, 0.2) is 0 Å². The number of carbonyl (C=O) groups excluding carboxylic acids is 1. The fourth-order valence-electron chi connectivity index (χ4n) is 2.33. The molecule has 2 nitrogen and oxygen atoms in total. The predicted octanol–water partition coefficient (Wildman–Crippen LogP) is 2.91. The molecule has 76 valence electrons. The van der Waals surface area contributed by atoms with E-state index in [9.17, 15) is 4.79 Å². The van der Waals surface area contributed by atoms with Gasteiger partial charge in [0.25, 0.3) is 0 Å². The van der Waals surface area contributed by atoms with Crippen molar-refractivity contribution in [2.24, 2.45) is 5.92 Å². The van der Waals surface area contributed by atoms with E-state index >= 15 is 0 Å². The Kier molecular flexibility index (Phi) is 3.34. The summed E-state index contributed by atoms with van der Waals surface area (Å²) in [6, 6.07) is 0. The Labute approximate surface area is 80.7 Å². The molecule has 1 rings (SSSR count). The van der Waals surface area contributed by atoms with Crippen molar-refractivity contribution < 1.29 is 9.53 Å². The highest BCUT2D eigenvalue weighted by molar-refractivity contribution is 5.66. The molecule has 2 heteroatoms. The molecule has 0 amide bonds. The maximum atomic E-state index is 11.0. The molecular formula is C11H20O2. The van der Waals surface area contributed by atoms with E-state index < -0.39 is 0 Å². The Morgan fingerprint density at radius 2 is 2.00 bits per heavy atom. The Balaban J connectivity index is 2.68. The Morgan fingerprint density at radius 1 is 1.46 bits per heavy atom. The maximum Gasteiger partial charge on any atom is 0.303 e. The number of rotatable bonds is 3. The largest absolute Gasteiger partial charge is 0.459 e. The molecule has 13 heavy (non-hydrogen) atoms. The van der Waals surface area contributed by atoms with Crippen molar-refractivity contribution in [3.63, 3.8) is 0 Å². The third-order valence-electron chi connectivity index (χ3n) is 3.31. The van der Waals surface area contributed by atoms with Crippen LogP contribution in [0.5, 0.6) is 0 Å². The molecule has 0 radical (unpaired) electrons. The molecule has 0 heterocycles. The van der Waals surface area contributed by atoms with E-state index in [-0.39, 0.29) is 11.6 Å². The summed E-state index contributed by atoms with van der Waals surface area (Å²) < 4.78 is 5.51. The highest BCUT2D eigenvalue weighted by atomic mass is 16.6. The highest BCUT2D eigenvalue weighted by Gasteiger charge is 2.40. The zero-order chi connectivity index (χ0) is 9.90. The lowest BCUT2D eigenvalue weighted by Crippen LogP contribution is -2.37. The second kappa shape index (κ2) is 4.12. The van der Waals surface area contributed by atoms with Gasteiger partial charge in [-0.3, -0.25) is 4.79 Å². The fourth-order valence-corrected chi connectivity index (χ4v) is 2.33. The van der Waals surface area contributed by atoms with Crippen molar-refractivity contribution in [3.8, 4) is 0 Å². The van der Waals surface area contributed by atoms with Crippen LogP contribution in [0.25, 0.3) is 0 Å². The second-order valence-electron chi connectivity index (χ2n) is 4.17. The second-order valence-corrected chi connectivity index (χ2v) is 4.17. The molecule has 1 atom stereocenters. The van der Waals surface area contributed by atoms with E-state index in [0.29, 0.717) is 5.92 Å². The molecule has 0 saturated heterocycles. The average molecular weight is 184 g/mol. The smallest absolute Gasteiger partial charge is 0.303 e. The molecule has 0 bridgehead atoms. The summed E-state index contributed by atoms with van der Waals surface area (Å²) in [6.07, 6.45) is 5.62. The van der Waals surface area contributed by atoms with Crippen LogP contribution in [0.4, 0.5) is 0 Å². The van der Waals surface area contributed by atoms with Gasteiger partial charge < -0.3 is 4.74 Å². The van der Waals surface area contributed by atoms with Gasteiger partial charge in [-0.2, -0.15) is 0 Å². The first kappa shape index (κ1) is 10.6.